The van der Waals surface area contributed by atoms with Crippen LogP contribution in [-0.4, -0.2) is 33.8 Å². The van der Waals surface area contributed by atoms with E-state index in [1.165, 1.54) is 0 Å². The molecule has 1 aliphatic rings. The van der Waals surface area contributed by atoms with Gasteiger partial charge in [-0.15, -0.1) is 0 Å². The monoisotopic (exact) mass is 257 g/mol. The summed E-state index contributed by atoms with van der Waals surface area (Å²) in [5, 5.41) is 7.29. The van der Waals surface area contributed by atoms with Crippen molar-refractivity contribution in [1.29, 1.82) is 0 Å². The van der Waals surface area contributed by atoms with Crippen LogP contribution < -0.4 is 5.32 Å². The molecule has 6 heteroatoms. The van der Waals surface area contributed by atoms with Crippen molar-refractivity contribution >= 4 is 11.8 Å². The first-order valence-electron chi connectivity index (χ1n) is 5.81. The highest BCUT2D eigenvalue weighted by Crippen LogP contribution is 2.24. The van der Waals surface area contributed by atoms with Gasteiger partial charge in [0.2, 0.25) is 11.7 Å². The van der Waals surface area contributed by atoms with E-state index in [-0.39, 0.29) is 11.6 Å². The van der Waals surface area contributed by atoms with E-state index in [0.717, 1.165) is 18.1 Å². The minimum Gasteiger partial charge on any atom is -0.368 e. The molecule has 1 aromatic heterocycles. The Hall–Kier alpha value is -0.590. The molecule has 0 aromatic carbocycles. The molecule has 0 radical (unpaired) electrons. The Morgan fingerprint density at radius 2 is 2.29 bits per heavy atom. The maximum Gasteiger partial charge on any atom is 0.240 e. The Balaban J connectivity index is 1.91. The first-order valence-corrected chi connectivity index (χ1v) is 6.97. The van der Waals surface area contributed by atoms with E-state index in [1.54, 1.807) is 0 Å². The number of rotatable bonds is 3. The van der Waals surface area contributed by atoms with Crippen LogP contribution in [0.25, 0.3) is 0 Å². The van der Waals surface area contributed by atoms with E-state index < -0.39 is 0 Å². The fourth-order valence-electron chi connectivity index (χ4n) is 1.45. The molecule has 2 heterocycles. The molecule has 1 saturated heterocycles. The molecule has 1 atom stereocenters. The summed E-state index contributed by atoms with van der Waals surface area (Å²) >= 11 is 1.86. The molecule has 0 aliphatic carbocycles. The van der Waals surface area contributed by atoms with Gasteiger partial charge in [0, 0.05) is 17.0 Å². The third kappa shape index (κ3) is 3.97. The van der Waals surface area contributed by atoms with Crippen molar-refractivity contribution in [2.45, 2.75) is 39.0 Å². The first kappa shape index (κ1) is 12.9. The predicted octanol–water partition coefficient (Wildman–Crippen LogP) is 1.76. The lowest BCUT2D eigenvalue weighted by atomic mass is 10.1. The largest absolute Gasteiger partial charge is 0.368 e. The molecule has 1 N–H and O–H groups in total. The highest BCUT2D eigenvalue weighted by atomic mass is 32.2. The molecular weight excluding hydrogens is 238 g/mol. The van der Waals surface area contributed by atoms with E-state index in [9.17, 15) is 0 Å². The Labute approximate surface area is 106 Å². The maximum atomic E-state index is 5.60. The summed E-state index contributed by atoms with van der Waals surface area (Å²) in [6.07, 6.45) is -0.0131. The molecule has 0 spiro atoms. The average Bonchev–Trinajstić information content (AvgIpc) is 2.75. The van der Waals surface area contributed by atoms with Crippen LogP contribution in [0.3, 0.4) is 0 Å². The molecule has 2 rings (SSSR count). The van der Waals surface area contributed by atoms with E-state index in [4.69, 9.17) is 9.26 Å². The third-order valence-electron chi connectivity index (χ3n) is 2.36. The zero-order valence-electron chi connectivity index (χ0n) is 10.5. The van der Waals surface area contributed by atoms with Crippen LogP contribution in [0.5, 0.6) is 0 Å². The lowest BCUT2D eigenvalue weighted by molar-refractivity contribution is 0.0677. The molecule has 1 unspecified atom stereocenters. The molecule has 1 fully saturated rings. The minimum atomic E-state index is -0.0131. The molecule has 1 aromatic rings. The summed E-state index contributed by atoms with van der Waals surface area (Å²) in [6.45, 7) is 7.66. The van der Waals surface area contributed by atoms with Crippen LogP contribution >= 0.6 is 11.8 Å². The molecule has 17 heavy (non-hydrogen) atoms. The van der Waals surface area contributed by atoms with Gasteiger partial charge in [-0.25, -0.2) is 0 Å². The van der Waals surface area contributed by atoms with Gasteiger partial charge in [0.15, 0.2) is 0 Å². The van der Waals surface area contributed by atoms with Crippen molar-refractivity contribution in [3.63, 3.8) is 0 Å². The number of hydrogen-bond donors (Lipinski definition) is 1. The van der Waals surface area contributed by atoms with Crippen molar-refractivity contribution in [1.82, 2.24) is 15.5 Å². The summed E-state index contributed by atoms with van der Waals surface area (Å²) in [5.41, 5.74) is 0.0474. The molecule has 96 valence electrons. The fraction of sp³-hybridized carbons (Fsp3) is 0.818. The zero-order valence-corrected chi connectivity index (χ0v) is 11.3. The molecule has 0 bridgehead atoms. The van der Waals surface area contributed by atoms with Crippen molar-refractivity contribution in [2.75, 3.05) is 18.1 Å². The summed E-state index contributed by atoms with van der Waals surface area (Å²) in [7, 11) is 0. The molecule has 0 amide bonds. The van der Waals surface area contributed by atoms with Crippen molar-refractivity contribution in [3.05, 3.63) is 11.7 Å². The molecule has 0 saturated carbocycles. The first-order chi connectivity index (χ1) is 8.04. The van der Waals surface area contributed by atoms with Gasteiger partial charge in [-0.05, 0) is 20.8 Å². The van der Waals surface area contributed by atoms with Crippen LogP contribution in [0.4, 0.5) is 0 Å². The summed E-state index contributed by atoms with van der Waals surface area (Å²) in [5.74, 6) is 3.25. The summed E-state index contributed by atoms with van der Waals surface area (Å²) < 4.78 is 10.8. The Morgan fingerprint density at radius 1 is 1.47 bits per heavy atom. The van der Waals surface area contributed by atoms with Gasteiger partial charge < -0.3 is 14.6 Å². The molecular formula is C11H19N3O2S. The number of nitrogens with one attached hydrogen (secondary N) is 1. The van der Waals surface area contributed by atoms with E-state index in [2.05, 4.69) is 36.2 Å². The van der Waals surface area contributed by atoms with Gasteiger partial charge in [0.1, 0.15) is 6.10 Å². The van der Waals surface area contributed by atoms with Crippen LogP contribution in [-0.2, 0) is 11.3 Å². The van der Waals surface area contributed by atoms with Gasteiger partial charge in [-0.1, -0.05) is 5.16 Å². The smallest absolute Gasteiger partial charge is 0.240 e. The van der Waals surface area contributed by atoms with Crippen LogP contribution in [0.1, 0.15) is 38.6 Å². The summed E-state index contributed by atoms with van der Waals surface area (Å²) in [4.78, 5) is 4.36. The number of thioether (sulfide) groups is 1. The number of ether oxygens (including phenoxy) is 1. The highest BCUT2D eigenvalue weighted by Gasteiger charge is 2.22. The Morgan fingerprint density at radius 3 is 2.94 bits per heavy atom. The van der Waals surface area contributed by atoms with Gasteiger partial charge in [0.05, 0.1) is 13.2 Å². The van der Waals surface area contributed by atoms with Gasteiger partial charge >= 0.3 is 0 Å². The maximum absolute atomic E-state index is 5.60. The van der Waals surface area contributed by atoms with E-state index >= 15 is 0 Å². The zero-order chi connectivity index (χ0) is 12.3. The van der Waals surface area contributed by atoms with Crippen molar-refractivity contribution < 1.29 is 9.26 Å². The second-order valence-corrected chi connectivity index (χ2v) is 6.23. The minimum absolute atomic E-state index is 0.0131. The lowest BCUT2D eigenvalue weighted by Gasteiger charge is -2.19. The SMILES string of the molecule is CC(C)(C)NCc1nc(C2CSCCO2)no1. The molecule has 5 nitrogen and oxygen atoms in total. The van der Waals surface area contributed by atoms with E-state index in [0.29, 0.717) is 18.3 Å². The average molecular weight is 257 g/mol. The predicted molar refractivity (Wildman–Crippen MR) is 66.9 cm³/mol. The third-order valence-corrected chi connectivity index (χ3v) is 3.35. The Bertz CT molecular complexity index is 356. The Kier molecular flexibility index (Phi) is 4.06. The number of nitrogens with zero attached hydrogens (tertiary/aromatic N) is 2. The second kappa shape index (κ2) is 5.37. The standard InChI is InChI=1S/C11H19N3O2S/c1-11(2,3)12-6-9-13-10(14-16-9)8-7-17-5-4-15-8/h8,12H,4-7H2,1-3H3. The lowest BCUT2D eigenvalue weighted by Crippen LogP contribution is -2.35. The van der Waals surface area contributed by atoms with Crippen molar-refractivity contribution in [3.8, 4) is 0 Å². The molecule has 1 aliphatic heterocycles. The number of hydrogen-bond acceptors (Lipinski definition) is 6. The van der Waals surface area contributed by atoms with Crippen LogP contribution in [0.15, 0.2) is 4.52 Å². The van der Waals surface area contributed by atoms with Gasteiger partial charge in [0.25, 0.3) is 0 Å². The quantitative estimate of drug-likeness (QED) is 0.890. The van der Waals surface area contributed by atoms with Gasteiger partial charge in [-0.3, -0.25) is 0 Å². The summed E-state index contributed by atoms with van der Waals surface area (Å²) in [6, 6.07) is 0. The topological polar surface area (TPSA) is 60.2 Å². The highest BCUT2D eigenvalue weighted by molar-refractivity contribution is 7.99. The second-order valence-electron chi connectivity index (χ2n) is 5.08. The normalized spacial score (nSPS) is 21.7. The van der Waals surface area contributed by atoms with E-state index in [1.807, 2.05) is 11.8 Å². The van der Waals surface area contributed by atoms with Crippen LogP contribution in [0, 0.1) is 0 Å². The van der Waals surface area contributed by atoms with Crippen molar-refractivity contribution in [2.24, 2.45) is 0 Å². The number of aromatic nitrogens is 2. The fourth-order valence-corrected chi connectivity index (χ4v) is 2.29. The van der Waals surface area contributed by atoms with Gasteiger partial charge in [-0.2, -0.15) is 16.7 Å². The van der Waals surface area contributed by atoms with Crippen LogP contribution in [0.2, 0.25) is 0 Å².